The van der Waals surface area contributed by atoms with Crippen molar-refractivity contribution in [2.45, 2.75) is 13.0 Å². The summed E-state index contributed by atoms with van der Waals surface area (Å²) in [5.74, 6) is -0.822. The lowest BCUT2D eigenvalue weighted by molar-refractivity contribution is -0.123. The molecule has 0 bridgehead atoms. The summed E-state index contributed by atoms with van der Waals surface area (Å²) < 4.78 is 21.2. The molecule has 3 rings (SSSR count). The summed E-state index contributed by atoms with van der Waals surface area (Å²) in [5.41, 5.74) is 1.80. The maximum absolute atomic E-state index is 13.7. The van der Waals surface area contributed by atoms with Crippen LogP contribution in [0.15, 0.2) is 59.6 Å². The molecule has 0 aliphatic carbocycles. The van der Waals surface area contributed by atoms with Gasteiger partial charge in [-0.2, -0.15) is 5.10 Å². The van der Waals surface area contributed by atoms with Gasteiger partial charge in [0, 0.05) is 4.47 Å². The van der Waals surface area contributed by atoms with Crippen LogP contribution in [0.25, 0.3) is 5.69 Å². The molecule has 0 saturated heterocycles. The molecule has 6 nitrogen and oxygen atoms in total. The largest absolute Gasteiger partial charge is 0.481 e. The van der Waals surface area contributed by atoms with Gasteiger partial charge in [-0.3, -0.25) is 4.79 Å². The minimum Gasteiger partial charge on any atom is -0.481 e. The van der Waals surface area contributed by atoms with E-state index in [1.54, 1.807) is 17.1 Å². The number of hydrogen-bond acceptors (Lipinski definition) is 4. The van der Waals surface area contributed by atoms with Gasteiger partial charge in [-0.25, -0.2) is 14.1 Å². The minimum absolute atomic E-state index is 0.0354. The third-order valence-corrected chi connectivity index (χ3v) is 4.20. The van der Waals surface area contributed by atoms with Crippen molar-refractivity contribution >= 4 is 21.8 Å². The molecule has 2 aromatic carbocycles. The van der Waals surface area contributed by atoms with Crippen molar-refractivity contribution in [3.63, 3.8) is 0 Å². The standard InChI is InChI=1S/C18H16BrFN4O2/c1-12(13-2-5-15(6-3-13)24-11-21-10-22-24)23-18(25)9-26-17-7-4-14(19)8-16(17)20/h2-8,10-12H,9H2,1H3,(H,23,25). The average molecular weight is 419 g/mol. The second kappa shape index (κ2) is 8.09. The lowest BCUT2D eigenvalue weighted by Crippen LogP contribution is -2.31. The fraction of sp³-hybridized carbons (Fsp3) is 0.167. The van der Waals surface area contributed by atoms with Gasteiger partial charge in [0.15, 0.2) is 18.2 Å². The van der Waals surface area contributed by atoms with E-state index in [1.165, 1.54) is 18.5 Å². The number of amides is 1. The predicted molar refractivity (Wildman–Crippen MR) is 97.5 cm³/mol. The SMILES string of the molecule is CC(NC(=O)COc1ccc(Br)cc1F)c1ccc(-n2cncn2)cc1. The Hall–Kier alpha value is -2.74. The van der Waals surface area contributed by atoms with Crippen molar-refractivity contribution in [3.05, 3.63) is 71.0 Å². The van der Waals surface area contributed by atoms with Crippen LogP contribution in [0.2, 0.25) is 0 Å². The number of hydrogen-bond donors (Lipinski definition) is 1. The first-order valence-corrected chi connectivity index (χ1v) is 8.64. The van der Waals surface area contributed by atoms with Crippen LogP contribution in [-0.2, 0) is 4.79 Å². The molecule has 0 spiro atoms. The molecule has 0 saturated carbocycles. The smallest absolute Gasteiger partial charge is 0.258 e. The van der Waals surface area contributed by atoms with Crippen molar-refractivity contribution in [1.29, 1.82) is 0 Å². The van der Waals surface area contributed by atoms with E-state index < -0.39 is 5.82 Å². The van der Waals surface area contributed by atoms with E-state index in [-0.39, 0.29) is 24.3 Å². The van der Waals surface area contributed by atoms with Crippen LogP contribution >= 0.6 is 15.9 Å². The molecule has 1 unspecified atom stereocenters. The van der Waals surface area contributed by atoms with E-state index in [0.29, 0.717) is 4.47 Å². The number of benzene rings is 2. The Balaban J connectivity index is 1.55. The fourth-order valence-electron chi connectivity index (χ4n) is 2.36. The summed E-state index contributed by atoms with van der Waals surface area (Å²) >= 11 is 3.17. The highest BCUT2D eigenvalue weighted by atomic mass is 79.9. The van der Waals surface area contributed by atoms with Crippen molar-refractivity contribution < 1.29 is 13.9 Å². The highest BCUT2D eigenvalue weighted by molar-refractivity contribution is 9.10. The van der Waals surface area contributed by atoms with Crippen LogP contribution in [0.3, 0.4) is 0 Å². The quantitative estimate of drug-likeness (QED) is 0.665. The van der Waals surface area contributed by atoms with Gasteiger partial charge in [-0.05, 0) is 42.8 Å². The van der Waals surface area contributed by atoms with Crippen molar-refractivity contribution in [2.24, 2.45) is 0 Å². The number of halogens is 2. The summed E-state index contributed by atoms with van der Waals surface area (Å²) in [6.45, 7) is 1.60. The maximum Gasteiger partial charge on any atom is 0.258 e. The van der Waals surface area contributed by atoms with Crippen LogP contribution in [0, 0.1) is 5.82 Å². The number of rotatable bonds is 6. The van der Waals surface area contributed by atoms with E-state index in [9.17, 15) is 9.18 Å². The third-order valence-electron chi connectivity index (χ3n) is 3.71. The summed E-state index contributed by atoms with van der Waals surface area (Å²) in [7, 11) is 0. The minimum atomic E-state index is -0.524. The van der Waals surface area contributed by atoms with Crippen LogP contribution < -0.4 is 10.1 Å². The first-order valence-electron chi connectivity index (χ1n) is 7.85. The zero-order valence-electron chi connectivity index (χ0n) is 13.9. The molecule has 0 aliphatic heterocycles. The fourth-order valence-corrected chi connectivity index (χ4v) is 2.69. The Morgan fingerprint density at radius 1 is 1.31 bits per heavy atom. The molecule has 134 valence electrons. The van der Waals surface area contributed by atoms with E-state index in [4.69, 9.17) is 4.74 Å². The summed E-state index contributed by atoms with van der Waals surface area (Å²) in [6.07, 6.45) is 3.07. The third kappa shape index (κ3) is 4.45. The number of aromatic nitrogens is 3. The van der Waals surface area contributed by atoms with Crippen LogP contribution in [-0.4, -0.2) is 27.3 Å². The van der Waals surface area contributed by atoms with Gasteiger partial charge >= 0.3 is 0 Å². The van der Waals surface area contributed by atoms with Gasteiger partial charge in [0.25, 0.3) is 5.91 Å². The average Bonchev–Trinajstić information content (AvgIpc) is 3.16. The Morgan fingerprint density at radius 3 is 2.73 bits per heavy atom. The van der Waals surface area contributed by atoms with E-state index in [0.717, 1.165) is 11.3 Å². The molecule has 1 atom stereocenters. The van der Waals surface area contributed by atoms with Crippen LogP contribution in [0.5, 0.6) is 5.75 Å². The summed E-state index contributed by atoms with van der Waals surface area (Å²) in [6, 6.07) is 11.8. The van der Waals surface area contributed by atoms with Gasteiger partial charge in [0.2, 0.25) is 0 Å². The Labute approximate surface area is 158 Å². The van der Waals surface area contributed by atoms with Gasteiger partial charge in [-0.15, -0.1) is 0 Å². The van der Waals surface area contributed by atoms with Crippen molar-refractivity contribution in [3.8, 4) is 11.4 Å². The zero-order valence-corrected chi connectivity index (χ0v) is 15.5. The van der Waals surface area contributed by atoms with E-state index >= 15 is 0 Å². The molecule has 1 heterocycles. The molecule has 1 N–H and O–H groups in total. The molecule has 3 aromatic rings. The van der Waals surface area contributed by atoms with Gasteiger partial charge in [0.05, 0.1) is 11.7 Å². The monoisotopic (exact) mass is 418 g/mol. The Bertz CT molecular complexity index is 885. The Kier molecular flexibility index (Phi) is 5.62. The number of nitrogens with one attached hydrogen (secondary N) is 1. The second-order valence-corrected chi connectivity index (χ2v) is 6.50. The number of nitrogens with zero attached hydrogens (tertiary/aromatic N) is 3. The summed E-state index contributed by atoms with van der Waals surface area (Å²) in [4.78, 5) is 15.9. The van der Waals surface area contributed by atoms with Gasteiger partial charge in [-0.1, -0.05) is 28.1 Å². The Morgan fingerprint density at radius 2 is 2.08 bits per heavy atom. The van der Waals surface area contributed by atoms with Gasteiger partial charge < -0.3 is 10.1 Å². The lowest BCUT2D eigenvalue weighted by Gasteiger charge is -2.15. The normalized spacial score (nSPS) is 11.8. The van der Waals surface area contributed by atoms with Crippen LogP contribution in [0.4, 0.5) is 4.39 Å². The molecule has 0 radical (unpaired) electrons. The van der Waals surface area contributed by atoms with Crippen molar-refractivity contribution in [2.75, 3.05) is 6.61 Å². The van der Waals surface area contributed by atoms with E-state index in [1.807, 2.05) is 31.2 Å². The highest BCUT2D eigenvalue weighted by Gasteiger charge is 2.12. The number of carbonyl (C=O) groups is 1. The second-order valence-electron chi connectivity index (χ2n) is 5.58. The maximum atomic E-state index is 13.7. The first-order chi connectivity index (χ1) is 12.5. The first kappa shape index (κ1) is 18.1. The topological polar surface area (TPSA) is 69.0 Å². The molecule has 1 aromatic heterocycles. The van der Waals surface area contributed by atoms with Crippen LogP contribution in [0.1, 0.15) is 18.5 Å². The lowest BCUT2D eigenvalue weighted by atomic mass is 10.1. The molecular formula is C18H16BrFN4O2. The van der Waals surface area contributed by atoms with E-state index in [2.05, 4.69) is 31.3 Å². The summed E-state index contributed by atoms with van der Waals surface area (Å²) in [5, 5.41) is 6.88. The molecule has 8 heteroatoms. The van der Waals surface area contributed by atoms with Crippen molar-refractivity contribution in [1.82, 2.24) is 20.1 Å². The molecule has 0 aliphatic rings. The predicted octanol–water partition coefficient (Wildman–Crippen LogP) is 3.43. The number of ether oxygens (including phenoxy) is 1. The zero-order chi connectivity index (χ0) is 18.5. The highest BCUT2D eigenvalue weighted by Crippen LogP contribution is 2.21. The van der Waals surface area contributed by atoms with Gasteiger partial charge in [0.1, 0.15) is 12.7 Å². The molecule has 26 heavy (non-hydrogen) atoms. The molecular weight excluding hydrogens is 403 g/mol. The molecule has 0 fully saturated rings. The number of carbonyl (C=O) groups excluding carboxylic acids is 1. The molecule has 1 amide bonds.